The molecule has 3 atom stereocenters. The molecule has 1 saturated carbocycles. The van der Waals surface area contributed by atoms with Crippen molar-refractivity contribution in [2.45, 2.75) is 57.0 Å². The molecule has 0 aromatic carbocycles. The minimum Gasteiger partial charge on any atom is -0.354 e. The molecule has 0 spiro atoms. The van der Waals surface area contributed by atoms with E-state index in [0.717, 1.165) is 38.8 Å². The number of carbonyl (C=O) groups excluding carboxylic acids is 1. The van der Waals surface area contributed by atoms with Crippen molar-refractivity contribution in [1.29, 1.82) is 0 Å². The molecule has 2 aliphatic rings. The second-order valence-electron chi connectivity index (χ2n) is 6.33. The summed E-state index contributed by atoms with van der Waals surface area (Å²) in [4.78, 5) is 14.6. The van der Waals surface area contributed by atoms with E-state index < -0.39 is 0 Å². The van der Waals surface area contributed by atoms with Gasteiger partial charge < -0.3 is 16.0 Å². The van der Waals surface area contributed by atoms with E-state index in [1.54, 1.807) is 0 Å². The minimum atomic E-state index is -0.316. The van der Waals surface area contributed by atoms with Gasteiger partial charge >= 0.3 is 0 Å². The van der Waals surface area contributed by atoms with Crippen LogP contribution >= 0.6 is 24.8 Å². The standard InChI is InChI=1S/C14H27N3O.2ClH/c1-14(15)8-4-3-7-12(14)13(18)16-10-11-6-5-9-17(11)2;;/h11-12H,3-10,15H2,1-2H3,(H,16,18);2*1H. The Labute approximate surface area is 135 Å². The number of hydrogen-bond donors (Lipinski definition) is 2. The number of hydrogen-bond acceptors (Lipinski definition) is 3. The van der Waals surface area contributed by atoms with E-state index in [1.807, 2.05) is 6.92 Å². The fourth-order valence-corrected chi connectivity index (χ4v) is 3.37. The molecular weight excluding hydrogens is 297 g/mol. The third-order valence-corrected chi connectivity index (χ3v) is 4.75. The maximum atomic E-state index is 12.3. The van der Waals surface area contributed by atoms with Crippen LogP contribution in [0, 0.1) is 5.92 Å². The molecule has 2 fully saturated rings. The zero-order valence-electron chi connectivity index (χ0n) is 12.6. The molecule has 0 aromatic rings. The molecule has 1 heterocycles. The van der Waals surface area contributed by atoms with Gasteiger partial charge in [-0.05, 0) is 46.2 Å². The largest absolute Gasteiger partial charge is 0.354 e. The molecule has 120 valence electrons. The summed E-state index contributed by atoms with van der Waals surface area (Å²) < 4.78 is 0. The van der Waals surface area contributed by atoms with Crippen LogP contribution in [0.15, 0.2) is 0 Å². The van der Waals surface area contributed by atoms with Crippen LogP contribution in [0.3, 0.4) is 0 Å². The molecule has 20 heavy (non-hydrogen) atoms. The van der Waals surface area contributed by atoms with Gasteiger partial charge in [0.05, 0.1) is 5.92 Å². The average Bonchev–Trinajstić information content (AvgIpc) is 2.71. The molecule has 0 bridgehead atoms. The van der Waals surface area contributed by atoms with E-state index in [-0.39, 0.29) is 42.2 Å². The molecule has 1 amide bonds. The summed E-state index contributed by atoms with van der Waals surface area (Å²) in [5.74, 6) is 0.165. The summed E-state index contributed by atoms with van der Waals surface area (Å²) in [7, 11) is 2.14. The van der Waals surface area contributed by atoms with E-state index in [2.05, 4.69) is 17.3 Å². The highest BCUT2D eigenvalue weighted by atomic mass is 35.5. The van der Waals surface area contributed by atoms with Gasteiger partial charge in [0.15, 0.2) is 0 Å². The first-order valence-corrected chi connectivity index (χ1v) is 7.27. The number of nitrogens with one attached hydrogen (secondary N) is 1. The predicted octanol–water partition coefficient (Wildman–Crippen LogP) is 1.95. The first kappa shape index (κ1) is 20.0. The van der Waals surface area contributed by atoms with Crippen molar-refractivity contribution in [2.24, 2.45) is 11.7 Å². The molecule has 3 unspecified atom stereocenters. The van der Waals surface area contributed by atoms with Crippen molar-refractivity contribution in [1.82, 2.24) is 10.2 Å². The Morgan fingerprint density at radius 1 is 1.30 bits per heavy atom. The van der Waals surface area contributed by atoms with Crippen LogP contribution in [-0.2, 0) is 4.79 Å². The number of nitrogens with two attached hydrogens (primary N) is 1. The van der Waals surface area contributed by atoms with Crippen LogP contribution in [-0.4, -0.2) is 42.5 Å². The van der Waals surface area contributed by atoms with E-state index in [0.29, 0.717) is 6.04 Å². The van der Waals surface area contributed by atoms with E-state index in [1.165, 1.54) is 12.8 Å². The van der Waals surface area contributed by atoms with Crippen LogP contribution in [0.25, 0.3) is 0 Å². The van der Waals surface area contributed by atoms with Crippen molar-refractivity contribution in [2.75, 3.05) is 20.1 Å². The number of amides is 1. The van der Waals surface area contributed by atoms with Gasteiger partial charge in [0.25, 0.3) is 0 Å². The third-order valence-electron chi connectivity index (χ3n) is 4.75. The Balaban J connectivity index is 0.00000180. The topological polar surface area (TPSA) is 58.4 Å². The maximum absolute atomic E-state index is 12.3. The molecule has 6 heteroatoms. The minimum absolute atomic E-state index is 0. The molecule has 1 aliphatic heterocycles. The zero-order chi connectivity index (χ0) is 13.2. The van der Waals surface area contributed by atoms with Crippen molar-refractivity contribution in [3.63, 3.8) is 0 Å². The quantitative estimate of drug-likeness (QED) is 0.833. The Kier molecular flexibility index (Phi) is 8.41. The number of rotatable bonds is 3. The fourth-order valence-electron chi connectivity index (χ4n) is 3.37. The molecule has 2 rings (SSSR count). The van der Waals surface area contributed by atoms with Gasteiger partial charge in [0, 0.05) is 18.1 Å². The van der Waals surface area contributed by atoms with Crippen LogP contribution < -0.4 is 11.1 Å². The smallest absolute Gasteiger partial charge is 0.225 e. The fraction of sp³-hybridized carbons (Fsp3) is 0.929. The summed E-state index contributed by atoms with van der Waals surface area (Å²) in [5, 5.41) is 3.12. The molecule has 1 aliphatic carbocycles. The van der Waals surface area contributed by atoms with Gasteiger partial charge in [-0.25, -0.2) is 0 Å². The number of carbonyl (C=O) groups is 1. The number of halogens is 2. The number of likely N-dealkylation sites (tertiary alicyclic amines) is 1. The summed E-state index contributed by atoms with van der Waals surface area (Å²) in [6.45, 7) is 3.96. The van der Waals surface area contributed by atoms with Gasteiger partial charge in [0.1, 0.15) is 0 Å². The van der Waals surface area contributed by atoms with Gasteiger partial charge in [-0.2, -0.15) is 0 Å². The first-order valence-electron chi connectivity index (χ1n) is 7.27. The molecule has 1 saturated heterocycles. The van der Waals surface area contributed by atoms with E-state index in [4.69, 9.17) is 5.73 Å². The van der Waals surface area contributed by atoms with Gasteiger partial charge in [-0.15, -0.1) is 24.8 Å². The van der Waals surface area contributed by atoms with E-state index in [9.17, 15) is 4.79 Å². The average molecular weight is 326 g/mol. The summed E-state index contributed by atoms with van der Waals surface area (Å²) in [5.41, 5.74) is 5.95. The third kappa shape index (κ3) is 4.76. The van der Waals surface area contributed by atoms with Crippen LogP contribution in [0.5, 0.6) is 0 Å². The summed E-state index contributed by atoms with van der Waals surface area (Å²) >= 11 is 0. The Morgan fingerprint density at radius 3 is 2.55 bits per heavy atom. The van der Waals surface area contributed by atoms with Crippen LogP contribution in [0.4, 0.5) is 0 Å². The highest BCUT2D eigenvalue weighted by Gasteiger charge is 2.37. The molecule has 4 nitrogen and oxygen atoms in total. The van der Waals surface area contributed by atoms with Gasteiger partial charge in [-0.1, -0.05) is 12.8 Å². The number of nitrogens with zero attached hydrogens (tertiary/aromatic N) is 1. The lowest BCUT2D eigenvalue weighted by Gasteiger charge is -2.37. The SMILES string of the molecule is CN1CCCC1CNC(=O)C1CCCCC1(C)N.Cl.Cl. The zero-order valence-corrected chi connectivity index (χ0v) is 14.2. The summed E-state index contributed by atoms with van der Waals surface area (Å²) in [6, 6.07) is 0.515. The van der Waals surface area contributed by atoms with Crippen molar-refractivity contribution in [3.8, 4) is 0 Å². The first-order chi connectivity index (χ1) is 8.50. The normalized spacial score (nSPS) is 34.0. The van der Waals surface area contributed by atoms with Crippen LogP contribution in [0.1, 0.15) is 45.4 Å². The summed E-state index contributed by atoms with van der Waals surface area (Å²) in [6.07, 6.45) is 6.64. The predicted molar refractivity (Wildman–Crippen MR) is 87.7 cm³/mol. The maximum Gasteiger partial charge on any atom is 0.225 e. The Morgan fingerprint density at radius 2 is 2.00 bits per heavy atom. The molecule has 0 radical (unpaired) electrons. The molecule has 3 N–H and O–H groups in total. The van der Waals surface area contributed by atoms with E-state index >= 15 is 0 Å². The molecule has 0 aromatic heterocycles. The Bertz CT molecular complexity index is 313. The second kappa shape index (κ2) is 8.42. The highest BCUT2D eigenvalue weighted by molar-refractivity contribution is 5.85. The monoisotopic (exact) mass is 325 g/mol. The number of likely N-dealkylation sites (N-methyl/N-ethyl adjacent to an activating group) is 1. The van der Waals surface area contributed by atoms with Crippen molar-refractivity contribution < 1.29 is 4.79 Å². The lowest BCUT2D eigenvalue weighted by molar-refractivity contribution is -0.128. The lowest BCUT2D eigenvalue weighted by atomic mass is 9.74. The van der Waals surface area contributed by atoms with Crippen LogP contribution in [0.2, 0.25) is 0 Å². The van der Waals surface area contributed by atoms with Gasteiger partial charge in [-0.3, -0.25) is 4.79 Å². The highest BCUT2D eigenvalue weighted by Crippen LogP contribution is 2.31. The second-order valence-corrected chi connectivity index (χ2v) is 6.33. The molecular formula is C14H29Cl2N3O. The van der Waals surface area contributed by atoms with Gasteiger partial charge in [0.2, 0.25) is 5.91 Å². The lowest BCUT2D eigenvalue weighted by Crippen LogP contribution is -2.54. The van der Waals surface area contributed by atoms with Crippen molar-refractivity contribution >= 4 is 30.7 Å². The Hall–Kier alpha value is -0.0300. The van der Waals surface area contributed by atoms with Crippen molar-refractivity contribution in [3.05, 3.63) is 0 Å².